The van der Waals surface area contributed by atoms with E-state index in [0.29, 0.717) is 17.3 Å². The van der Waals surface area contributed by atoms with Crippen LogP contribution >= 0.6 is 0 Å². The fraction of sp³-hybridized carbons (Fsp3) is 0.231. The smallest absolute Gasteiger partial charge is 0.235 e. The lowest BCUT2D eigenvalue weighted by Crippen LogP contribution is -2.21. The van der Waals surface area contributed by atoms with E-state index in [4.69, 9.17) is 9.47 Å². The number of sulfone groups is 1. The van der Waals surface area contributed by atoms with Crippen LogP contribution in [-0.4, -0.2) is 45.0 Å². The van der Waals surface area contributed by atoms with Gasteiger partial charge in [0.2, 0.25) is 5.91 Å². The number of carbonyl (C=O) groups excluding carboxylic acids is 1. The largest absolute Gasteiger partial charge is 0.497 e. The molecule has 1 amide bonds. The van der Waals surface area contributed by atoms with Crippen molar-refractivity contribution in [1.82, 2.24) is 10.2 Å². The Hall–Kier alpha value is -4.05. The van der Waals surface area contributed by atoms with E-state index >= 15 is 0 Å². The molecular weight excluding hydrogens is 480 g/mol. The van der Waals surface area contributed by atoms with Gasteiger partial charge in [0.1, 0.15) is 11.5 Å². The summed E-state index contributed by atoms with van der Waals surface area (Å²) in [6.07, 6.45) is 1.88. The van der Waals surface area contributed by atoms with E-state index in [-0.39, 0.29) is 16.7 Å². The third kappa shape index (κ3) is 3.32. The minimum Gasteiger partial charge on any atom is -0.497 e. The predicted molar refractivity (Wildman–Crippen MR) is 136 cm³/mol. The van der Waals surface area contributed by atoms with Crippen LogP contribution in [0.15, 0.2) is 59.5 Å². The van der Waals surface area contributed by atoms with Crippen molar-refractivity contribution >= 4 is 43.8 Å². The van der Waals surface area contributed by atoms with E-state index < -0.39 is 15.3 Å². The monoisotopic (exact) mass is 504 g/mol. The summed E-state index contributed by atoms with van der Waals surface area (Å²) in [4.78, 5) is 13.2. The Kier molecular flexibility index (Phi) is 4.81. The van der Waals surface area contributed by atoms with E-state index in [1.54, 1.807) is 13.2 Å². The number of benzene rings is 3. The number of ether oxygens (including phenoxy) is 2. The Morgan fingerprint density at radius 2 is 1.89 bits per heavy atom. The summed E-state index contributed by atoms with van der Waals surface area (Å²) in [5.74, 6) is 1.79. The van der Waals surface area contributed by atoms with Crippen LogP contribution < -0.4 is 20.1 Å². The Balaban J connectivity index is 1.30. The van der Waals surface area contributed by atoms with Crippen LogP contribution in [0.5, 0.6) is 11.5 Å². The van der Waals surface area contributed by atoms with E-state index in [1.807, 2.05) is 36.4 Å². The molecule has 36 heavy (non-hydrogen) atoms. The van der Waals surface area contributed by atoms with Gasteiger partial charge in [-0.15, -0.1) is 0 Å². The summed E-state index contributed by atoms with van der Waals surface area (Å²) >= 11 is 0. The summed E-state index contributed by atoms with van der Waals surface area (Å²) in [6, 6.07) is 16.4. The summed E-state index contributed by atoms with van der Waals surface area (Å²) in [5.41, 5.74) is 3.72. The van der Waals surface area contributed by atoms with Crippen molar-refractivity contribution in [3.63, 3.8) is 0 Å². The second-order valence-electron chi connectivity index (χ2n) is 9.23. The average Bonchev–Trinajstić information content (AvgIpc) is 3.42. The first-order chi connectivity index (χ1) is 17.2. The molecule has 2 atom stereocenters. The highest BCUT2D eigenvalue weighted by Crippen LogP contribution is 2.65. The van der Waals surface area contributed by atoms with E-state index in [1.165, 1.54) is 19.2 Å². The minimum absolute atomic E-state index is 0.0208. The molecule has 2 heterocycles. The SMILES string of the molecule is COc1ccc2c(c1)[C@]1(C[C@H]1c1ccc3c(Nc4ccc(S(C)(=O)=O)cc4OC)n[nH]c3c1)C(=O)N2. The van der Waals surface area contributed by atoms with Gasteiger partial charge in [-0.3, -0.25) is 9.89 Å². The van der Waals surface area contributed by atoms with Gasteiger partial charge in [0.25, 0.3) is 0 Å². The maximum absolute atomic E-state index is 13.0. The highest BCUT2D eigenvalue weighted by molar-refractivity contribution is 7.90. The van der Waals surface area contributed by atoms with Crippen molar-refractivity contribution in [1.29, 1.82) is 0 Å². The molecule has 0 bridgehead atoms. The summed E-state index contributed by atoms with van der Waals surface area (Å²) in [7, 11) is -0.250. The summed E-state index contributed by atoms with van der Waals surface area (Å²) < 4.78 is 34.6. The van der Waals surface area contributed by atoms with Gasteiger partial charge < -0.3 is 20.1 Å². The number of carbonyl (C=O) groups is 1. The molecular formula is C26H24N4O5S. The van der Waals surface area contributed by atoms with Gasteiger partial charge >= 0.3 is 0 Å². The molecule has 1 aliphatic heterocycles. The van der Waals surface area contributed by atoms with Crippen molar-refractivity contribution in [3.8, 4) is 11.5 Å². The molecule has 10 heteroatoms. The Morgan fingerprint density at radius 3 is 2.64 bits per heavy atom. The molecule has 9 nitrogen and oxygen atoms in total. The van der Waals surface area contributed by atoms with Gasteiger partial charge in [-0.2, -0.15) is 5.10 Å². The Bertz CT molecular complexity index is 1660. The predicted octanol–water partition coefficient (Wildman–Crippen LogP) is 4.10. The standard InChI is InChI=1S/C26H24N4O5S/c1-34-15-5-8-20-18(11-15)26(25(31)28-20)13-19(26)14-4-7-17-22(10-14)29-30-24(17)27-21-9-6-16(36(3,32)33)12-23(21)35-2/h4-12,19H,13H2,1-3H3,(H,28,31)(H2,27,29,30)/t19-,26-/m0/s1. The number of aromatic amines is 1. The highest BCUT2D eigenvalue weighted by atomic mass is 32.2. The molecule has 1 spiro atoms. The number of aromatic nitrogens is 2. The molecule has 6 rings (SSSR count). The molecule has 3 N–H and O–H groups in total. The van der Waals surface area contributed by atoms with Gasteiger partial charge in [0.15, 0.2) is 15.7 Å². The van der Waals surface area contributed by atoms with Crippen LogP contribution in [0.1, 0.15) is 23.5 Å². The zero-order valence-corrected chi connectivity index (χ0v) is 20.7. The molecule has 0 saturated heterocycles. The fourth-order valence-electron chi connectivity index (χ4n) is 5.18. The molecule has 3 aromatic carbocycles. The van der Waals surface area contributed by atoms with Crippen molar-refractivity contribution in [3.05, 3.63) is 65.7 Å². The number of fused-ring (bicyclic) bond motifs is 3. The minimum atomic E-state index is -3.36. The third-order valence-electron chi connectivity index (χ3n) is 7.17. The third-order valence-corrected chi connectivity index (χ3v) is 8.28. The lowest BCUT2D eigenvalue weighted by molar-refractivity contribution is -0.118. The summed E-state index contributed by atoms with van der Waals surface area (Å²) in [6.45, 7) is 0. The first kappa shape index (κ1) is 22.4. The van der Waals surface area contributed by atoms with Crippen LogP contribution in [0.4, 0.5) is 17.2 Å². The first-order valence-electron chi connectivity index (χ1n) is 11.4. The van der Waals surface area contributed by atoms with Gasteiger partial charge in [-0.05, 0) is 60.0 Å². The molecule has 0 radical (unpaired) electrons. The molecule has 4 aromatic rings. The molecule has 2 aliphatic rings. The zero-order valence-electron chi connectivity index (χ0n) is 19.9. The topological polar surface area (TPSA) is 122 Å². The van der Waals surface area contributed by atoms with Crippen LogP contribution in [0.2, 0.25) is 0 Å². The second-order valence-corrected chi connectivity index (χ2v) is 11.2. The number of H-pyrrole nitrogens is 1. The number of rotatable bonds is 6. The van der Waals surface area contributed by atoms with Gasteiger partial charge in [0, 0.05) is 29.3 Å². The molecule has 1 fully saturated rings. The zero-order chi connectivity index (χ0) is 25.2. The number of nitrogens with one attached hydrogen (secondary N) is 3. The van der Waals surface area contributed by atoms with Crippen molar-refractivity contribution < 1.29 is 22.7 Å². The number of methoxy groups -OCH3 is 2. The highest BCUT2D eigenvalue weighted by Gasteiger charge is 2.65. The fourth-order valence-corrected chi connectivity index (χ4v) is 5.82. The first-order valence-corrected chi connectivity index (χ1v) is 13.3. The van der Waals surface area contributed by atoms with Crippen molar-refractivity contribution in [2.75, 3.05) is 31.1 Å². The van der Waals surface area contributed by atoms with Gasteiger partial charge in [0.05, 0.1) is 35.7 Å². The normalized spacial score (nSPS) is 20.3. The number of anilines is 3. The number of hydrogen-bond donors (Lipinski definition) is 3. The van der Waals surface area contributed by atoms with Crippen LogP contribution in [-0.2, 0) is 20.0 Å². The van der Waals surface area contributed by atoms with E-state index in [9.17, 15) is 13.2 Å². The maximum atomic E-state index is 13.0. The quantitative estimate of drug-likeness (QED) is 0.361. The van der Waals surface area contributed by atoms with Crippen molar-refractivity contribution in [2.45, 2.75) is 22.6 Å². The van der Waals surface area contributed by atoms with Crippen LogP contribution in [0.3, 0.4) is 0 Å². The molecule has 1 aromatic heterocycles. The second kappa shape index (κ2) is 7.72. The van der Waals surface area contributed by atoms with Crippen LogP contribution in [0, 0.1) is 0 Å². The van der Waals surface area contributed by atoms with Gasteiger partial charge in [-0.1, -0.05) is 6.07 Å². The number of amides is 1. The maximum Gasteiger partial charge on any atom is 0.235 e. The van der Waals surface area contributed by atoms with Gasteiger partial charge in [-0.25, -0.2) is 8.42 Å². The number of hydrogen-bond acceptors (Lipinski definition) is 7. The lowest BCUT2D eigenvalue weighted by atomic mass is 9.91. The average molecular weight is 505 g/mol. The van der Waals surface area contributed by atoms with Crippen molar-refractivity contribution in [2.24, 2.45) is 0 Å². The lowest BCUT2D eigenvalue weighted by Gasteiger charge is -2.11. The Labute approximate surface area is 207 Å². The summed E-state index contributed by atoms with van der Waals surface area (Å²) in [5, 5.41) is 14.6. The Morgan fingerprint density at radius 1 is 1.06 bits per heavy atom. The molecule has 1 saturated carbocycles. The van der Waals surface area contributed by atoms with E-state index in [2.05, 4.69) is 20.8 Å². The molecule has 1 aliphatic carbocycles. The van der Waals surface area contributed by atoms with Crippen LogP contribution in [0.25, 0.3) is 10.9 Å². The van der Waals surface area contributed by atoms with E-state index in [0.717, 1.165) is 46.1 Å². The number of nitrogens with zero attached hydrogens (tertiary/aromatic N) is 1. The molecule has 184 valence electrons. The molecule has 0 unspecified atom stereocenters.